The van der Waals surface area contributed by atoms with Gasteiger partial charge in [-0.15, -0.1) is 0 Å². The molecule has 0 fully saturated rings. The van der Waals surface area contributed by atoms with E-state index in [0.717, 1.165) is 27.9 Å². The summed E-state index contributed by atoms with van der Waals surface area (Å²) in [6.07, 6.45) is 0. The number of aryl methyl sites for hydroxylation is 1. The largest absolute Gasteiger partial charge is 0.495 e. The lowest BCUT2D eigenvalue weighted by Crippen LogP contribution is -2.15. The predicted octanol–water partition coefficient (Wildman–Crippen LogP) is 4.11. The summed E-state index contributed by atoms with van der Waals surface area (Å²) in [5.74, 6) is 0.743. The van der Waals surface area contributed by atoms with Crippen LogP contribution in [0.5, 0.6) is 5.75 Å². The molecular formula is C18H17ClN2O2. The summed E-state index contributed by atoms with van der Waals surface area (Å²) in [5, 5.41) is 4.85. The van der Waals surface area contributed by atoms with Gasteiger partial charge in [-0.25, -0.2) is 0 Å². The van der Waals surface area contributed by atoms with Crippen molar-refractivity contribution in [1.29, 1.82) is 0 Å². The Labute approximate surface area is 139 Å². The standard InChI is InChI=1S/C18H17ClN2O2/c1-11-7-12-8-13(18(22)21-16(12)9-14(11)19)10-20-15-5-3-4-6-17(15)23-2/h3-9,20H,10H2,1-2H3,(H,21,22). The van der Waals surface area contributed by atoms with E-state index in [9.17, 15) is 4.79 Å². The molecule has 0 aliphatic heterocycles. The fraction of sp³-hybridized carbons (Fsp3) is 0.167. The molecule has 0 radical (unpaired) electrons. The van der Waals surface area contributed by atoms with E-state index >= 15 is 0 Å². The molecular weight excluding hydrogens is 312 g/mol. The maximum atomic E-state index is 12.2. The molecule has 0 aliphatic rings. The molecule has 0 saturated carbocycles. The van der Waals surface area contributed by atoms with Crippen LogP contribution in [0.4, 0.5) is 5.69 Å². The average molecular weight is 329 g/mol. The second kappa shape index (κ2) is 6.34. The Balaban J connectivity index is 1.92. The van der Waals surface area contributed by atoms with Crippen molar-refractivity contribution in [2.45, 2.75) is 13.5 Å². The van der Waals surface area contributed by atoms with Crippen molar-refractivity contribution in [2.24, 2.45) is 0 Å². The van der Waals surface area contributed by atoms with Gasteiger partial charge >= 0.3 is 0 Å². The molecule has 23 heavy (non-hydrogen) atoms. The summed E-state index contributed by atoms with van der Waals surface area (Å²) in [5.41, 5.74) is 3.10. The number of halogens is 1. The Hall–Kier alpha value is -2.46. The number of benzene rings is 2. The fourth-order valence-electron chi connectivity index (χ4n) is 2.50. The minimum atomic E-state index is -0.125. The normalized spacial score (nSPS) is 10.7. The Kier molecular flexibility index (Phi) is 4.26. The Morgan fingerprint density at radius 3 is 2.78 bits per heavy atom. The molecule has 1 heterocycles. The topological polar surface area (TPSA) is 54.1 Å². The van der Waals surface area contributed by atoms with E-state index in [1.54, 1.807) is 13.2 Å². The summed E-state index contributed by atoms with van der Waals surface area (Å²) in [6.45, 7) is 2.35. The molecule has 0 saturated heterocycles. The van der Waals surface area contributed by atoms with Crippen LogP contribution in [0.15, 0.2) is 47.3 Å². The molecule has 0 bridgehead atoms. The van der Waals surface area contributed by atoms with Gasteiger partial charge < -0.3 is 15.0 Å². The molecule has 3 rings (SSSR count). The lowest BCUT2D eigenvalue weighted by Gasteiger charge is -2.11. The number of pyridine rings is 1. The zero-order valence-electron chi connectivity index (χ0n) is 12.9. The summed E-state index contributed by atoms with van der Waals surface area (Å²) < 4.78 is 5.30. The molecule has 0 aliphatic carbocycles. The number of methoxy groups -OCH3 is 1. The van der Waals surface area contributed by atoms with E-state index in [4.69, 9.17) is 16.3 Å². The number of hydrogen-bond donors (Lipinski definition) is 2. The third-order valence-corrected chi connectivity index (χ3v) is 4.18. The first-order valence-corrected chi connectivity index (χ1v) is 7.65. The van der Waals surface area contributed by atoms with E-state index in [0.29, 0.717) is 17.1 Å². The van der Waals surface area contributed by atoms with E-state index < -0.39 is 0 Å². The average Bonchev–Trinajstić information content (AvgIpc) is 2.55. The maximum absolute atomic E-state index is 12.2. The van der Waals surface area contributed by atoms with Crippen LogP contribution < -0.4 is 15.6 Å². The summed E-state index contributed by atoms with van der Waals surface area (Å²) in [4.78, 5) is 15.1. The van der Waals surface area contributed by atoms with Crippen molar-refractivity contribution in [3.05, 3.63) is 69.0 Å². The molecule has 0 atom stereocenters. The maximum Gasteiger partial charge on any atom is 0.253 e. The molecule has 3 aromatic rings. The highest BCUT2D eigenvalue weighted by Gasteiger charge is 2.07. The number of fused-ring (bicyclic) bond motifs is 1. The monoisotopic (exact) mass is 328 g/mol. The predicted molar refractivity (Wildman–Crippen MR) is 94.6 cm³/mol. The zero-order chi connectivity index (χ0) is 16.4. The molecule has 0 unspecified atom stereocenters. The van der Waals surface area contributed by atoms with Gasteiger partial charge in [0.25, 0.3) is 5.56 Å². The third-order valence-electron chi connectivity index (χ3n) is 3.78. The second-order valence-corrected chi connectivity index (χ2v) is 5.77. The summed E-state index contributed by atoms with van der Waals surface area (Å²) >= 11 is 6.11. The van der Waals surface area contributed by atoms with Gasteiger partial charge in [-0.3, -0.25) is 4.79 Å². The highest BCUT2D eigenvalue weighted by Crippen LogP contribution is 2.24. The van der Waals surface area contributed by atoms with Gasteiger partial charge in [0.05, 0.1) is 12.8 Å². The van der Waals surface area contributed by atoms with Crippen LogP contribution in [0.3, 0.4) is 0 Å². The van der Waals surface area contributed by atoms with Gasteiger partial charge in [0, 0.05) is 22.6 Å². The van der Waals surface area contributed by atoms with Crippen molar-refractivity contribution in [3.8, 4) is 5.75 Å². The highest BCUT2D eigenvalue weighted by molar-refractivity contribution is 6.32. The number of nitrogens with one attached hydrogen (secondary N) is 2. The molecule has 5 heteroatoms. The Bertz CT molecular complexity index is 919. The molecule has 0 spiro atoms. The fourth-order valence-corrected chi connectivity index (χ4v) is 2.66. The minimum Gasteiger partial charge on any atom is -0.495 e. The van der Waals surface area contributed by atoms with Crippen molar-refractivity contribution in [2.75, 3.05) is 12.4 Å². The number of para-hydroxylation sites is 2. The van der Waals surface area contributed by atoms with Gasteiger partial charge in [-0.1, -0.05) is 23.7 Å². The van der Waals surface area contributed by atoms with E-state index in [-0.39, 0.29) is 5.56 Å². The molecule has 1 aromatic heterocycles. The molecule has 2 aromatic carbocycles. The van der Waals surface area contributed by atoms with E-state index in [1.807, 2.05) is 43.3 Å². The number of hydrogen-bond acceptors (Lipinski definition) is 3. The van der Waals surface area contributed by atoms with Crippen LogP contribution >= 0.6 is 11.6 Å². The smallest absolute Gasteiger partial charge is 0.253 e. The van der Waals surface area contributed by atoms with Crippen molar-refractivity contribution in [1.82, 2.24) is 4.98 Å². The van der Waals surface area contributed by atoms with Crippen LogP contribution in [0.2, 0.25) is 5.02 Å². The zero-order valence-corrected chi connectivity index (χ0v) is 13.7. The Morgan fingerprint density at radius 2 is 2.00 bits per heavy atom. The van der Waals surface area contributed by atoms with Gasteiger partial charge in [-0.2, -0.15) is 0 Å². The Morgan fingerprint density at radius 1 is 1.22 bits per heavy atom. The number of anilines is 1. The van der Waals surface area contributed by atoms with Gasteiger partial charge in [0.15, 0.2) is 0 Å². The van der Waals surface area contributed by atoms with Crippen LogP contribution in [0.25, 0.3) is 10.9 Å². The molecule has 118 valence electrons. The van der Waals surface area contributed by atoms with Crippen molar-refractivity contribution >= 4 is 28.2 Å². The van der Waals surface area contributed by atoms with Crippen LogP contribution in [0, 0.1) is 6.92 Å². The number of ether oxygens (including phenoxy) is 1. The first-order chi connectivity index (χ1) is 11.1. The van der Waals surface area contributed by atoms with Gasteiger partial charge in [0.2, 0.25) is 0 Å². The molecule has 2 N–H and O–H groups in total. The highest BCUT2D eigenvalue weighted by atomic mass is 35.5. The van der Waals surface area contributed by atoms with Crippen LogP contribution in [-0.4, -0.2) is 12.1 Å². The quantitative estimate of drug-likeness (QED) is 0.757. The van der Waals surface area contributed by atoms with Crippen molar-refractivity contribution < 1.29 is 4.74 Å². The van der Waals surface area contributed by atoms with E-state index in [1.165, 1.54) is 0 Å². The SMILES string of the molecule is COc1ccccc1NCc1cc2cc(C)c(Cl)cc2[nH]c1=O. The number of aromatic nitrogens is 1. The summed E-state index contributed by atoms with van der Waals surface area (Å²) in [6, 6.07) is 13.3. The van der Waals surface area contributed by atoms with Crippen molar-refractivity contribution in [3.63, 3.8) is 0 Å². The van der Waals surface area contributed by atoms with Gasteiger partial charge in [0.1, 0.15) is 5.75 Å². The number of H-pyrrole nitrogens is 1. The summed E-state index contributed by atoms with van der Waals surface area (Å²) in [7, 11) is 1.62. The molecule has 4 nitrogen and oxygen atoms in total. The second-order valence-electron chi connectivity index (χ2n) is 5.37. The number of aromatic amines is 1. The van der Waals surface area contributed by atoms with Gasteiger partial charge in [-0.05, 0) is 48.2 Å². The first kappa shape index (κ1) is 15.4. The lowest BCUT2D eigenvalue weighted by molar-refractivity contribution is 0.416. The first-order valence-electron chi connectivity index (χ1n) is 7.27. The number of rotatable bonds is 4. The minimum absolute atomic E-state index is 0.125. The molecule has 0 amide bonds. The van der Waals surface area contributed by atoms with Crippen LogP contribution in [0.1, 0.15) is 11.1 Å². The van der Waals surface area contributed by atoms with Crippen LogP contribution in [-0.2, 0) is 6.54 Å². The van der Waals surface area contributed by atoms with E-state index in [2.05, 4.69) is 10.3 Å². The lowest BCUT2D eigenvalue weighted by atomic mass is 10.1. The third kappa shape index (κ3) is 3.17.